The normalized spacial score (nSPS) is 10.4. The maximum atomic E-state index is 12.6. The third kappa shape index (κ3) is 4.07. The van der Waals surface area contributed by atoms with Crippen molar-refractivity contribution in [1.29, 1.82) is 0 Å². The van der Waals surface area contributed by atoms with Gasteiger partial charge in [0.1, 0.15) is 10.6 Å². The molecule has 1 heterocycles. The molecular weight excluding hydrogens is 374 g/mol. The van der Waals surface area contributed by atoms with Crippen LogP contribution in [0.1, 0.15) is 27.0 Å². The minimum Gasteiger partial charge on any atom is -0.462 e. The number of amides is 1. The predicted molar refractivity (Wildman–Crippen MR) is 101 cm³/mol. The Morgan fingerprint density at radius 1 is 1.12 bits per heavy atom. The van der Waals surface area contributed by atoms with Crippen molar-refractivity contribution in [3.05, 3.63) is 64.0 Å². The molecule has 1 amide bonds. The Labute approximate surface area is 158 Å². The van der Waals surface area contributed by atoms with E-state index in [1.54, 1.807) is 55.5 Å². The Bertz CT molecular complexity index is 924. The minimum atomic E-state index is -0.401. The van der Waals surface area contributed by atoms with Gasteiger partial charge in [-0.2, -0.15) is 0 Å². The van der Waals surface area contributed by atoms with Crippen LogP contribution in [0, 0.1) is 0 Å². The smallest absolute Gasteiger partial charge is 0.338 e. The summed E-state index contributed by atoms with van der Waals surface area (Å²) in [5.74, 6) is -0.726. The standard InChI is InChI=1S/C18H14ClN3O3S/c1-2-25-18(24)12-5-9-14(10-6-12)20-17(23)16-15(21-22-26-16)11-3-7-13(19)8-4-11/h3-10H,2H2,1H3,(H,20,23). The van der Waals surface area contributed by atoms with Crippen LogP contribution >= 0.6 is 23.1 Å². The van der Waals surface area contributed by atoms with Crippen molar-refractivity contribution in [1.82, 2.24) is 9.59 Å². The van der Waals surface area contributed by atoms with Crippen molar-refractivity contribution in [3.63, 3.8) is 0 Å². The molecule has 0 saturated carbocycles. The Hall–Kier alpha value is -2.77. The number of nitrogens with zero attached hydrogens (tertiary/aromatic N) is 2. The highest BCUT2D eigenvalue weighted by molar-refractivity contribution is 7.08. The summed E-state index contributed by atoms with van der Waals surface area (Å²) in [7, 11) is 0. The number of carbonyl (C=O) groups is 2. The van der Waals surface area contributed by atoms with Gasteiger partial charge in [0.2, 0.25) is 0 Å². The summed E-state index contributed by atoms with van der Waals surface area (Å²) >= 11 is 6.90. The first kappa shape index (κ1) is 18.0. The molecule has 0 aliphatic rings. The van der Waals surface area contributed by atoms with Gasteiger partial charge in [0.15, 0.2) is 0 Å². The molecule has 3 rings (SSSR count). The van der Waals surface area contributed by atoms with Gasteiger partial charge in [-0.25, -0.2) is 4.79 Å². The van der Waals surface area contributed by atoms with Gasteiger partial charge in [0, 0.05) is 16.3 Å². The maximum absolute atomic E-state index is 12.6. The lowest BCUT2D eigenvalue weighted by Crippen LogP contribution is -2.12. The summed E-state index contributed by atoms with van der Waals surface area (Å²) in [6.07, 6.45) is 0. The number of hydrogen-bond acceptors (Lipinski definition) is 6. The van der Waals surface area contributed by atoms with Gasteiger partial charge in [-0.05, 0) is 54.9 Å². The number of carbonyl (C=O) groups excluding carboxylic acids is 2. The molecule has 1 aromatic heterocycles. The second kappa shape index (κ2) is 8.07. The lowest BCUT2D eigenvalue weighted by atomic mass is 10.1. The van der Waals surface area contributed by atoms with Crippen LogP contribution in [0.3, 0.4) is 0 Å². The third-order valence-corrected chi connectivity index (χ3v) is 4.44. The second-order valence-electron chi connectivity index (χ2n) is 5.21. The zero-order valence-corrected chi connectivity index (χ0v) is 15.3. The van der Waals surface area contributed by atoms with Crippen molar-refractivity contribution in [2.24, 2.45) is 0 Å². The summed E-state index contributed by atoms with van der Waals surface area (Å²) in [6.45, 7) is 2.05. The zero-order valence-electron chi connectivity index (χ0n) is 13.7. The number of hydrogen-bond donors (Lipinski definition) is 1. The number of rotatable bonds is 5. The topological polar surface area (TPSA) is 81.2 Å². The summed E-state index contributed by atoms with van der Waals surface area (Å²) < 4.78 is 8.81. The van der Waals surface area contributed by atoms with Gasteiger partial charge >= 0.3 is 5.97 Å². The van der Waals surface area contributed by atoms with Crippen LogP contribution in [0.2, 0.25) is 5.02 Å². The molecule has 8 heteroatoms. The number of halogens is 1. The van der Waals surface area contributed by atoms with Crippen LogP contribution in [-0.4, -0.2) is 28.1 Å². The zero-order chi connectivity index (χ0) is 18.5. The van der Waals surface area contributed by atoms with Crippen molar-refractivity contribution in [3.8, 4) is 11.3 Å². The first-order valence-corrected chi connectivity index (χ1v) is 8.90. The lowest BCUT2D eigenvalue weighted by molar-refractivity contribution is 0.0526. The lowest BCUT2D eigenvalue weighted by Gasteiger charge is -2.06. The van der Waals surface area contributed by atoms with Gasteiger partial charge in [0.05, 0.1) is 12.2 Å². The highest BCUT2D eigenvalue weighted by atomic mass is 35.5. The van der Waals surface area contributed by atoms with Crippen molar-refractivity contribution in [2.45, 2.75) is 6.92 Å². The number of aromatic nitrogens is 2. The molecule has 0 atom stereocenters. The molecule has 1 N–H and O–H groups in total. The van der Waals surface area contributed by atoms with E-state index in [2.05, 4.69) is 14.9 Å². The van der Waals surface area contributed by atoms with Gasteiger partial charge in [-0.15, -0.1) is 5.10 Å². The van der Waals surface area contributed by atoms with Crippen molar-refractivity contribution in [2.75, 3.05) is 11.9 Å². The van der Waals surface area contributed by atoms with Crippen LogP contribution in [0.5, 0.6) is 0 Å². The molecule has 0 fully saturated rings. The van der Waals surface area contributed by atoms with Crippen LogP contribution in [0.15, 0.2) is 48.5 Å². The molecule has 0 aliphatic heterocycles. The van der Waals surface area contributed by atoms with Gasteiger partial charge in [-0.3, -0.25) is 4.79 Å². The fourth-order valence-corrected chi connectivity index (χ4v) is 2.94. The highest BCUT2D eigenvalue weighted by Gasteiger charge is 2.18. The van der Waals surface area contributed by atoms with Crippen molar-refractivity contribution >= 4 is 40.7 Å². The van der Waals surface area contributed by atoms with Gasteiger partial charge < -0.3 is 10.1 Å². The fraction of sp³-hybridized carbons (Fsp3) is 0.111. The Morgan fingerprint density at radius 2 is 1.81 bits per heavy atom. The molecule has 0 saturated heterocycles. The molecule has 0 unspecified atom stereocenters. The van der Waals surface area contributed by atoms with E-state index in [4.69, 9.17) is 16.3 Å². The van der Waals surface area contributed by atoms with E-state index in [1.165, 1.54) is 0 Å². The number of ether oxygens (including phenoxy) is 1. The molecule has 0 aliphatic carbocycles. The summed E-state index contributed by atoms with van der Waals surface area (Å²) in [4.78, 5) is 24.6. The molecule has 26 heavy (non-hydrogen) atoms. The number of nitrogens with one attached hydrogen (secondary N) is 1. The average molecular weight is 388 g/mol. The summed E-state index contributed by atoms with van der Waals surface area (Å²) in [5, 5.41) is 7.42. The third-order valence-electron chi connectivity index (χ3n) is 3.47. The SMILES string of the molecule is CCOC(=O)c1ccc(NC(=O)c2snnc2-c2ccc(Cl)cc2)cc1. The molecule has 0 spiro atoms. The second-order valence-corrected chi connectivity index (χ2v) is 6.40. The van der Waals surface area contributed by atoms with Gasteiger partial charge in [-0.1, -0.05) is 28.2 Å². The molecule has 3 aromatic rings. The Morgan fingerprint density at radius 3 is 2.46 bits per heavy atom. The largest absolute Gasteiger partial charge is 0.462 e. The van der Waals surface area contributed by atoms with E-state index < -0.39 is 5.97 Å². The quantitative estimate of drug-likeness (QED) is 0.660. The van der Waals surface area contributed by atoms with Crippen LogP contribution in [-0.2, 0) is 4.74 Å². The Kier molecular flexibility index (Phi) is 5.60. The first-order valence-electron chi connectivity index (χ1n) is 7.75. The van der Waals surface area contributed by atoms with Crippen LogP contribution in [0.25, 0.3) is 11.3 Å². The van der Waals surface area contributed by atoms with E-state index in [0.29, 0.717) is 33.5 Å². The van der Waals surface area contributed by atoms with Crippen molar-refractivity contribution < 1.29 is 14.3 Å². The first-order chi connectivity index (χ1) is 12.6. The average Bonchev–Trinajstić information content (AvgIpc) is 3.13. The maximum Gasteiger partial charge on any atom is 0.338 e. The monoisotopic (exact) mass is 387 g/mol. The van der Waals surface area contributed by atoms with E-state index in [9.17, 15) is 9.59 Å². The molecule has 132 valence electrons. The number of benzene rings is 2. The molecule has 6 nitrogen and oxygen atoms in total. The van der Waals surface area contributed by atoms with Gasteiger partial charge in [0.25, 0.3) is 5.91 Å². The molecular formula is C18H14ClN3O3S. The predicted octanol–water partition coefficient (Wildman–Crippen LogP) is 4.29. The van der Waals surface area contributed by atoms with E-state index in [1.807, 2.05) is 0 Å². The summed E-state index contributed by atoms with van der Waals surface area (Å²) in [6, 6.07) is 13.5. The number of anilines is 1. The van der Waals surface area contributed by atoms with E-state index in [0.717, 1.165) is 17.1 Å². The van der Waals surface area contributed by atoms with Crippen LogP contribution in [0.4, 0.5) is 5.69 Å². The minimum absolute atomic E-state index is 0.309. The summed E-state index contributed by atoms with van der Waals surface area (Å²) in [5.41, 5.74) is 2.22. The Balaban J connectivity index is 1.76. The molecule has 0 radical (unpaired) electrons. The molecule has 2 aromatic carbocycles. The fourth-order valence-electron chi connectivity index (χ4n) is 2.23. The number of esters is 1. The highest BCUT2D eigenvalue weighted by Crippen LogP contribution is 2.26. The van der Waals surface area contributed by atoms with E-state index >= 15 is 0 Å². The molecule has 0 bridgehead atoms. The van der Waals surface area contributed by atoms with Crippen LogP contribution < -0.4 is 5.32 Å². The van der Waals surface area contributed by atoms with E-state index in [-0.39, 0.29) is 5.91 Å².